The van der Waals surface area contributed by atoms with Crippen molar-refractivity contribution in [2.75, 3.05) is 6.61 Å². The number of hydrogen-bond acceptors (Lipinski definition) is 2. The fourth-order valence-corrected chi connectivity index (χ4v) is 1.75. The topological polar surface area (TPSA) is 35.2 Å². The maximum absolute atomic E-state index is 5.65. The molecule has 1 aromatic carbocycles. The van der Waals surface area contributed by atoms with Crippen LogP contribution in [-0.2, 0) is 6.54 Å². The van der Waals surface area contributed by atoms with Crippen molar-refractivity contribution >= 4 is 15.9 Å². The summed E-state index contributed by atoms with van der Waals surface area (Å²) in [6, 6.07) is 5.97. The van der Waals surface area contributed by atoms with Crippen molar-refractivity contribution in [1.82, 2.24) is 0 Å². The van der Waals surface area contributed by atoms with Crippen LogP contribution < -0.4 is 10.5 Å². The molecule has 0 aliphatic carbocycles. The van der Waals surface area contributed by atoms with Crippen molar-refractivity contribution in [3.8, 4) is 5.75 Å². The Morgan fingerprint density at radius 3 is 2.67 bits per heavy atom. The van der Waals surface area contributed by atoms with Crippen LogP contribution >= 0.6 is 15.9 Å². The van der Waals surface area contributed by atoms with E-state index in [9.17, 15) is 0 Å². The van der Waals surface area contributed by atoms with Gasteiger partial charge in [-0.1, -0.05) is 29.8 Å². The zero-order valence-corrected chi connectivity index (χ0v) is 10.9. The molecule has 0 atom stereocenters. The third-order valence-electron chi connectivity index (χ3n) is 2.13. The lowest BCUT2D eigenvalue weighted by Crippen LogP contribution is -2.02. The zero-order valence-electron chi connectivity index (χ0n) is 9.29. The molecular weight excluding hydrogens is 254 g/mol. The Morgan fingerprint density at radius 2 is 2.07 bits per heavy atom. The molecule has 0 radical (unpaired) electrons. The molecule has 0 fully saturated rings. The van der Waals surface area contributed by atoms with Crippen LogP contribution in [-0.4, -0.2) is 6.61 Å². The highest BCUT2D eigenvalue weighted by molar-refractivity contribution is 9.10. The van der Waals surface area contributed by atoms with Crippen molar-refractivity contribution in [1.29, 1.82) is 0 Å². The summed E-state index contributed by atoms with van der Waals surface area (Å²) >= 11 is 3.44. The van der Waals surface area contributed by atoms with Gasteiger partial charge in [0, 0.05) is 11.0 Å². The summed E-state index contributed by atoms with van der Waals surface area (Å²) in [5.41, 5.74) is 6.68. The number of benzene rings is 1. The van der Waals surface area contributed by atoms with Gasteiger partial charge in [0.1, 0.15) is 5.75 Å². The highest BCUT2D eigenvalue weighted by atomic mass is 79.9. The van der Waals surface area contributed by atoms with Gasteiger partial charge in [-0.05, 0) is 36.1 Å². The van der Waals surface area contributed by atoms with E-state index in [1.165, 1.54) is 0 Å². The Balaban J connectivity index is 2.56. The van der Waals surface area contributed by atoms with Gasteiger partial charge in [-0.2, -0.15) is 0 Å². The van der Waals surface area contributed by atoms with E-state index >= 15 is 0 Å². The van der Waals surface area contributed by atoms with E-state index in [0.717, 1.165) is 28.8 Å². The van der Waals surface area contributed by atoms with Gasteiger partial charge in [-0.3, -0.25) is 0 Å². The summed E-state index contributed by atoms with van der Waals surface area (Å²) in [7, 11) is 0. The summed E-state index contributed by atoms with van der Waals surface area (Å²) in [6.45, 7) is 5.68. The highest BCUT2D eigenvalue weighted by Crippen LogP contribution is 2.21. The summed E-state index contributed by atoms with van der Waals surface area (Å²) in [6.07, 6.45) is 1.07. The predicted octanol–water partition coefficient (Wildman–Crippen LogP) is 3.33. The van der Waals surface area contributed by atoms with E-state index in [4.69, 9.17) is 10.5 Å². The minimum atomic E-state index is 0.542. The van der Waals surface area contributed by atoms with Crippen LogP contribution in [0.25, 0.3) is 0 Å². The van der Waals surface area contributed by atoms with Gasteiger partial charge in [0.2, 0.25) is 0 Å². The van der Waals surface area contributed by atoms with E-state index in [2.05, 4.69) is 29.8 Å². The fraction of sp³-hybridized carbons (Fsp3) is 0.500. The molecule has 1 rings (SSSR count). The first-order chi connectivity index (χ1) is 7.11. The van der Waals surface area contributed by atoms with E-state index in [0.29, 0.717) is 12.5 Å². The molecule has 0 aliphatic heterocycles. The van der Waals surface area contributed by atoms with Crippen LogP contribution in [0.1, 0.15) is 25.8 Å². The van der Waals surface area contributed by atoms with Crippen molar-refractivity contribution in [2.45, 2.75) is 26.8 Å². The molecule has 0 aliphatic rings. The number of ether oxygens (including phenoxy) is 1. The van der Waals surface area contributed by atoms with Crippen molar-refractivity contribution in [2.24, 2.45) is 11.7 Å². The van der Waals surface area contributed by atoms with Crippen LogP contribution in [0, 0.1) is 5.92 Å². The molecule has 2 N–H and O–H groups in total. The molecule has 2 nitrogen and oxygen atoms in total. The van der Waals surface area contributed by atoms with E-state index in [-0.39, 0.29) is 0 Å². The minimum Gasteiger partial charge on any atom is -0.494 e. The fourth-order valence-electron chi connectivity index (χ4n) is 1.23. The first-order valence-electron chi connectivity index (χ1n) is 5.24. The first kappa shape index (κ1) is 12.5. The molecular formula is C12H18BrNO. The van der Waals surface area contributed by atoms with Gasteiger partial charge >= 0.3 is 0 Å². The van der Waals surface area contributed by atoms with Crippen LogP contribution in [0.4, 0.5) is 0 Å². The Morgan fingerprint density at radius 1 is 1.33 bits per heavy atom. The van der Waals surface area contributed by atoms with Gasteiger partial charge in [0.05, 0.1) is 6.61 Å². The molecule has 0 saturated carbocycles. The summed E-state index contributed by atoms with van der Waals surface area (Å²) < 4.78 is 6.67. The molecule has 0 unspecified atom stereocenters. The third-order valence-corrected chi connectivity index (χ3v) is 2.59. The average Bonchev–Trinajstić information content (AvgIpc) is 2.16. The normalized spacial score (nSPS) is 10.7. The molecule has 0 amide bonds. The van der Waals surface area contributed by atoms with Crippen molar-refractivity contribution in [3.63, 3.8) is 0 Å². The van der Waals surface area contributed by atoms with Crippen LogP contribution in [0.5, 0.6) is 5.75 Å². The van der Waals surface area contributed by atoms with Gasteiger partial charge in [0.15, 0.2) is 0 Å². The van der Waals surface area contributed by atoms with Gasteiger partial charge in [0.25, 0.3) is 0 Å². The first-order valence-corrected chi connectivity index (χ1v) is 6.03. The highest BCUT2D eigenvalue weighted by Gasteiger charge is 2.00. The lowest BCUT2D eigenvalue weighted by Gasteiger charge is -2.09. The van der Waals surface area contributed by atoms with Gasteiger partial charge < -0.3 is 10.5 Å². The van der Waals surface area contributed by atoms with Gasteiger partial charge in [-0.15, -0.1) is 0 Å². The number of halogens is 1. The molecule has 0 spiro atoms. The zero-order chi connectivity index (χ0) is 11.3. The van der Waals surface area contributed by atoms with Crippen LogP contribution in [0.2, 0.25) is 0 Å². The van der Waals surface area contributed by atoms with Crippen molar-refractivity contribution < 1.29 is 4.74 Å². The van der Waals surface area contributed by atoms with Gasteiger partial charge in [-0.25, -0.2) is 0 Å². The standard InChI is InChI=1S/C12H18BrNO/c1-9(2)3-4-15-12-6-10(8-14)5-11(13)7-12/h5-7,9H,3-4,8,14H2,1-2H3. The van der Waals surface area contributed by atoms with Crippen molar-refractivity contribution in [3.05, 3.63) is 28.2 Å². The monoisotopic (exact) mass is 271 g/mol. The molecule has 0 saturated heterocycles. The Hall–Kier alpha value is -0.540. The van der Waals surface area contributed by atoms with E-state index in [1.54, 1.807) is 0 Å². The molecule has 1 aromatic rings. The molecule has 0 heterocycles. The van der Waals surface area contributed by atoms with E-state index in [1.807, 2.05) is 18.2 Å². The predicted molar refractivity (Wildman–Crippen MR) is 67.0 cm³/mol. The second-order valence-corrected chi connectivity index (χ2v) is 4.95. The second-order valence-electron chi connectivity index (χ2n) is 4.03. The quantitative estimate of drug-likeness (QED) is 0.892. The van der Waals surface area contributed by atoms with E-state index < -0.39 is 0 Å². The molecule has 0 aromatic heterocycles. The molecule has 3 heteroatoms. The second kappa shape index (κ2) is 6.13. The lowest BCUT2D eigenvalue weighted by atomic mass is 10.1. The largest absolute Gasteiger partial charge is 0.494 e. The number of hydrogen-bond donors (Lipinski definition) is 1. The maximum atomic E-state index is 5.65. The summed E-state index contributed by atoms with van der Waals surface area (Å²) in [5, 5.41) is 0. The smallest absolute Gasteiger partial charge is 0.120 e. The maximum Gasteiger partial charge on any atom is 0.120 e. The molecule has 84 valence electrons. The van der Waals surface area contributed by atoms with Crippen LogP contribution in [0.3, 0.4) is 0 Å². The Bertz CT molecular complexity index is 312. The lowest BCUT2D eigenvalue weighted by molar-refractivity contribution is 0.289. The van der Waals surface area contributed by atoms with Crippen LogP contribution in [0.15, 0.2) is 22.7 Å². The summed E-state index contributed by atoms with van der Waals surface area (Å²) in [5.74, 6) is 1.57. The minimum absolute atomic E-state index is 0.542. The molecule has 0 bridgehead atoms. The number of nitrogens with two attached hydrogens (primary N) is 1. The Kier molecular flexibility index (Phi) is 5.12. The third kappa shape index (κ3) is 4.67. The Labute approximate surface area is 99.9 Å². The number of rotatable bonds is 5. The average molecular weight is 272 g/mol. The molecule has 15 heavy (non-hydrogen) atoms. The SMILES string of the molecule is CC(C)CCOc1cc(Br)cc(CN)c1. The summed E-state index contributed by atoms with van der Waals surface area (Å²) in [4.78, 5) is 0.